The zero-order valence-corrected chi connectivity index (χ0v) is 13.2. The lowest BCUT2D eigenvalue weighted by Gasteiger charge is -2.20. The van der Waals surface area contributed by atoms with Crippen LogP contribution in [0, 0.1) is 0 Å². The Morgan fingerprint density at radius 3 is 2.59 bits per heavy atom. The minimum absolute atomic E-state index is 0.318. The number of alkyl halides is 1. The molecule has 1 aromatic rings. The van der Waals surface area contributed by atoms with Gasteiger partial charge in [0.25, 0.3) is 0 Å². The van der Waals surface area contributed by atoms with Crippen LogP contribution in [-0.2, 0) is 14.0 Å². The van der Waals surface area contributed by atoms with Crippen LogP contribution >= 0.6 is 7.60 Å². The third kappa shape index (κ3) is 4.48. The van der Waals surface area contributed by atoms with E-state index >= 15 is 0 Å². The van der Waals surface area contributed by atoms with Gasteiger partial charge in [0, 0.05) is 5.82 Å². The fourth-order valence-corrected chi connectivity index (χ4v) is 2.66. The van der Waals surface area contributed by atoms with Crippen LogP contribution in [0.2, 0.25) is 0 Å². The van der Waals surface area contributed by atoms with Gasteiger partial charge in [-0.05, 0) is 25.5 Å². The Bertz CT molecular complexity index is 603. The summed E-state index contributed by atoms with van der Waals surface area (Å²) in [6.45, 7) is 3.44. The highest BCUT2D eigenvalue weighted by Crippen LogP contribution is 2.41. The molecule has 0 aliphatic carbocycles. The molecule has 22 heavy (non-hydrogen) atoms. The molecule has 0 bridgehead atoms. The second kappa shape index (κ2) is 7.02. The zero-order chi connectivity index (χ0) is 17.2. The van der Waals surface area contributed by atoms with E-state index in [1.54, 1.807) is 44.2 Å². The lowest BCUT2D eigenvalue weighted by molar-refractivity contribution is -0.0388. The molecule has 7 heteroatoms. The highest BCUT2D eigenvalue weighted by atomic mass is 31.2. The number of benzene rings is 1. The van der Waals surface area contributed by atoms with E-state index in [9.17, 15) is 8.96 Å². The van der Waals surface area contributed by atoms with Crippen LogP contribution in [0.1, 0.15) is 26.9 Å². The van der Waals surface area contributed by atoms with Gasteiger partial charge < -0.3 is 19.3 Å². The minimum Gasteiger partial charge on any atom is -0.369 e. The number of hydrogen-bond acceptors (Lipinski definition) is 3. The maximum atomic E-state index is 14.8. The third-order valence-corrected chi connectivity index (χ3v) is 3.64. The van der Waals surface area contributed by atoms with Crippen molar-refractivity contribution in [2.45, 2.75) is 44.4 Å². The molecular weight excluding hydrogens is 310 g/mol. The number of hydrogen-bond donors (Lipinski definition) is 2. The van der Waals surface area contributed by atoms with Crippen molar-refractivity contribution in [2.24, 2.45) is 0 Å². The average molecular weight is 331 g/mol. The second-order valence-electron chi connectivity index (χ2n) is 5.37. The van der Waals surface area contributed by atoms with Gasteiger partial charge in [-0.2, -0.15) is 0 Å². The van der Waals surface area contributed by atoms with Gasteiger partial charge in [-0.1, -0.05) is 30.3 Å². The Morgan fingerprint density at radius 1 is 1.41 bits per heavy atom. The van der Waals surface area contributed by atoms with Crippen LogP contribution in [0.4, 0.5) is 4.39 Å². The summed E-state index contributed by atoms with van der Waals surface area (Å²) in [4.78, 5) is 18.0. The van der Waals surface area contributed by atoms with Crippen molar-refractivity contribution in [1.29, 1.82) is 0 Å². The summed E-state index contributed by atoms with van der Waals surface area (Å²) in [5, 5.41) is 0. The summed E-state index contributed by atoms with van der Waals surface area (Å²) in [6, 6.07) is 8.18. The molecule has 1 aliphatic rings. The molecule has 0 radical (unpaired) electrons. The summed E-state index contributed by atoms with van der Waals surface area (Å²) in [6.07, 6.45) is -5.09. The molecule has 1 fully saturated rings. The average Bonchev–Trinajstić information content (AvgIpc) is 2.75. The number of ether oxygens (including phenoxy) is 2. The van der Waals surface area contributed by atoms with Crippen molar-refractivity contribution in [3.8, 4) is 0 Å². The number of rotatable bonds is 5. The van der Waals surface area contributed by atoms with Gasteiger partial charge in [-0.15, -0.1) is 0 Å². The van der Waals surface area contributed by atoms with Gasteiger partial charge in [-0.3, -0.25) is 4.57 Å². The molecule has 2 rings (SSSR count). The lowest BCUT2D eigenvalue weighted by Crippen LogP contribution is -2.32. The molecule has 4 atom stereocenters. The van der Waals surface area contributed by atoms with Crippen LogP contribution in [-0.4, -0.2) is 34.3 Å². The quantitative estimate of drug-likeness (QED) is 0.811. The highest BCUT2D eigenvalue weighted by Gasteiger charge is 2.46. The predicted molar refractivity (Wildman–Crippen MR) is 80.1 cm³/mol. The van der Waals surface area contributed by atoms with Gasteiger partial charge in [0.15, 0.2) is 6.17 Å². The Morgan fingerprint density at radius 2 is 2.05 bits per heavy atom. The SMILES string of the molecule is [2H]/C(=C\P(=O)(O)O)[C@H]1O[C@@H](c2ccccc2)[C@H](F)[C@@H]1OC(C)C. The van der Waals surface area contributed by atoms with Crippen LogP contribution in [0.15, 0.2) is 42.2 Å². The minimum atomic E-state index is -4.55. The third-order valence-electron chi connectivity index (χ3n) is 3.16. The molecule has 0 unspecified atom stereocenters. The van der Waals surface area contributed by atoms with E-state index in [4.69, 9.17) is 20.6 Å². The van der Waals surface area contributed by atoms with E-state index in [0.717, 1.165) is 0 Å². The molecule has 1 aromatic carbocycles. The first-order valence-electron chi connectivity index (χ1n) is 7.43. The monoisotopic (exact) mass is 331 g/mol. The molecule has 5 nitrogen and oxygen atoms in total. The first-order chi connectivity index (χ1) is 10.7. The van der Waals surface area contributed by atoms with Crippen molar-refractivity contribution in [2.75, 3.05) is 0 Å². The summed E-state index contributed by atoms with van der Waals surface area (Å²) < 4.78 is 44.8. The summed E-state index contributed by atoms with van der Waals surface area (Å²) in [7, 11) is -4.55. The van der Waals surface area contributed by atoms with Crippen molar-refractivity contribution in [3.63, 3.8) is 0 Å². The first kappa shape index (κ1) is 15.8. The van der Waals surface area contributed by atoms with E-state index in [2.05, 4.69) is 0 Å². The fraction of sp³-hybridized carbons (Fsp3) is 0.467. The molecule has 122 valence electrons. The zero-order valence-electron chi connectivity index (χ0n) is 13.3. The largest absolute Gasteiger partial charge is 0.369 e. The topological polar surface area (TPSA) is 76.0 Å². The summed E-state index contributed by atoms with van der Waals surface area (Å²) in [5.74, 6) is 0.481. The first-order valence-corrected chi connectivity index (χ1v) is 8.61. The van der Waals surface area contributed by atoms with Crippen LogP contribution in [0.5, 0.6) is 0 Å². The number of halogens is 1. The van der Waals surface area contributed by atoms with Crippen molar-refractivity contribution >= 4 is 7.60 Å². The van der Waals surface area contributed by atoms with Crippen molar-refractivity contribution < 1.29 is 29.6 Å². The Kier molecular flexibility index (Phi) is 5.06. The second-order valence-corrected chi connectivity index (χ2v) is 6.80. The lowest BCUT2D eigenvalue weighted by atomic mass is 10.0. The smallest absolute Gasteiger partial charge is 0.348 e. The molecule has 1 saturated heterocycles. The molecular formula is C15H20FO5P. The standard InChI is InChI=1S/C15H20FO5P/c1-10(2)20-15-12(8-9-22(17,18)19)21-14(13(15)16)11-6-4-3-5-7-11/h3-10,12-15H,1-2H3,(H2,17,18,19)/b9-8+/t12-,13+,14+,15-/m1/s1/i8D. The van der Waals surface area contributed by atoms with E-state index in [1.165, 1.54) is 0 Å². The van der Waals surface area contributed by atoms with Gasteiger partial charge in [0.2, 0.25) is 0 Å². The fourth-order valence-electron chi connectivity index (χ4n) is 2.32. The van der Waals surface area contributed by atoms with Crippen LogP contribution < -0.4 is 0 Å². The van der Waals surface area contributed by atoms with Crippen molar-refractivity contribution in [1.82, 2.24) is 0 Å². The molecule has 0 spiro atoms. The van der Waals surface area contributed by atoms with Gasteiger partial charge in [-0.25, -0.2) is 4.39 Å². The van der Waals surface area contributed by atoms with Gasteiger partial charge in [0.05, 0.1) is 7.47 Å². The highest BCUT2D eigenvalue weighted by molar-refractivity contribution is 7.55. The maximum absolute atomic E-state index is 14.8. The summed E-state index contributed by atoms with van der Waals surface area (Å²) >= 11 is 0. The Balaban J connectivity index is 2.32. The van der Waals surface area contributed by atoms with Crippen molar-refractivity contribution in [3.05, 3.63) is 47.8 Å². The molecule has 0 saturated carbocycles. The molecule has 0 amide bonds. The predicted octanol–water partition coefficient (Wildman–Crippen LogP) is 2.95. The van der Waals surface area contributed by atoms with E-state index in [1.807, 2.05) is 0 Å². The molecule has 0 aromatic heterocycles. The molecule has 1 heterocycles. The van der Waals surface area contributed by atoms with Crippen LogP contribution in [0.25, 0.3) is 0 Å². The van der Waals surface area contributed by atoms with E-state index < -0.39 is 38.1 Å². The maximum Gasteiger partial charge on any atom is 0.348 e. The molecule has 1 aliphatic heterocycles. The summed E-state index contributed by atoms with van der Waals surface area (Å²) in [5.41, 5.74) is 0.587. The normalized spacial score (nSPS) is 30.6. The Hall–Kier alpha value is -1.04. The van der Waals surface area contributed by atoms with Crippen LogP contribution in [0.3, 0.4) is 0 Å². The van der Waals surface area contributed by atoms with E-state index in [-0.39, 0.29) is 6.10 Å². The van der Waals surface area contributed by atoms with Gasteiger partial charge >= 0.3 is 7.60 Å². The van der Waals surface area contributed by atoms with Gasteiger partial charge in [0.1, 0.15) is 18.3 Å². The van der Waals surface area contributed by atoms with E-state index in [0.29, 0.717) is 11.4 Å². The Labute approximate surface area is 130 Å². The molecule has 2 N–H and O–H groups in total.